The molecule has 6 heteroatoms. The van der Waals surface area contributed by atoms with Gasteiger partial charge in [0.05, 0.1) is 17.7 Å². The fraction of sp³-hybridized carbons (Fsp3) is 0.150. The molecular formula is C20H18N2O4. The SMILES string of the molecule is Cc1cc(C(=O)N(Cc2ccccc2)Cc2ccco2)ccc1[N+](=O)[O-]. The first kappa shape index (κ1) is 17.4. The van der Waals surface area contributed by atoms with E-state index in [1.54, 1.807) is 30.2 Å². The van der Waals surface area contributed by atoms with Crippen molar-refractivity contribution in [3.05, 3.63) is 99.5 Å². The smallest absolute Gasteiger partial charge is 0.272 e. The van der Waals surface area contributed by atoms with Crippen molar-refractivity contribution in [2.45, 2.75) is 20.0 Å². The summed E-state index contributed by atoms with van der Waals surface area (Å²) in [5, 5.41) is 11.0. The fourth-order valence-corrected chi connectivity index (χ4v) is 2.77. The number of carbonyl (C=O) groups is 1. The number of nitro benzene ring substituents is 1. The van der Waals surface area contributed by atoms with Gasteiger partial charge in [-0.05, 0) is 36.8 Å². The molecule has 1 heterocycles. The van der Waals surface area contributed by atoms with Crippen molar-refractivity contribution >= 4 is 11.6 Å². The van der Waals surface area contributed by atoms with E-state index in [0.29, 0.717) is 30.0 Å². The van der Waals surface area contributed by atoms with Crippen LogP contribution < -0.4 is 0 Å². The van der Waals surface area contributed by atoms with Crippen LogP contribution in [0.1, 0.15) is 27.2 Å². The van der Waals surface area contributed by atoms with Crippen LogP contribution in [0.3, 0.4) is 0 Å². The van der Waals surface area contributed by atoms with Crippen molar-refractivity contribution in [1.82, 2.24) is 4.90 Å². The molecule has 0 bridgehead atoms. The van der Waals surface area contributed by atoms with Gasteiger partial charge in [0.15, 0.2) is 0 Å². The molecular weight excluding hydrogens is 332 g/mol. The molecule has 3 rings (SSSR count). The number of hydrogen-bond acceptors (Lipinski definition) is 4. The molecule has 0 radical (unpaired) electrons. The second kappa shape index (κ2) is 7.65. The molecule has 6 nitrogen and oxygen atoms in total. The third-order valence-electron chi connectivity index (χ3n) is 4.07. The average molecular weight is 350 g/mol. The van der Waals surface area contributed by atoms with Crippen LogP contribution >= 0.6 is 0 Å². The summed E-state index contributed by atoms with van der Waals surface area (Å²) in [5.74, 6) is 0.469. The molecule has 2 aromatic carbocycles. The first-order chi connectivity index (χ1) is 12.5. The maximum Gasteiger partial charge on any atom is 0.272 e. The Hall–Kier alpha value is -3.41. The van der Waals surface area contributed by atoms with E-state index in [-0.39, 0.29) is 11.6 Å². The minimum Gasteiger partial charge on any atom is -0.467 e. The molecule has 0 atom stereocenters. The van der Waals surface area contributed by atoms with E-state index in [2.05, 4.69) is 0 Å². The number of amides is 1. The third-order valence-corrected chi connectivity index (χ3v) is 4.07. The summed E-state index contributed by atoms with van der Waals surface area (Å²) < 4.78 is 5.38. The second-order valence-electron chi connectivity index (χ2n) is 5.98. The Bertz CT molecular complexity index is 905. The number of rotatable bonds is 6. The van der Waals surface area contributed by atoms with Crippen LogP contribution in [-0.4, -0.2) is 15.7 Å². The molecule has 0 spiro atoms. The van der Waals surface area contributed by atoms with E-state index in [1.165, 1.54) is 12.1 Å². The highest BCUT2D eigenvalue weighted by Crippen LogP contribution is 2.21. The number of nitro groups is 1. The lowest BCUT2D eigenvalue weighted by Crippen LogP contribution is -2.30. The number of furan rings is 1. The second-order valence-corrected chi connectivity index (χ2v) is 5.98. The zero-order valence-electron chi connectivity index (χ0n) is 14.3. The van der Waals surface area contributed by atoms with Crippen LogP contribution in [-0.2, 0) is 13.1 Å². The molecule has 1 amide bonds. The summed E-state index contributed by atoms with van der Waals surface area (Å²) in [6.45, 7) is 2.36. The summed E-state index contributed by atoms with van der Waals surface area (Å²) in [6, 6.07) is 17.7. The Balaban J connectivity index is 1.88. The predicted octanol–water partition coefficient (Wildman–Crippen LogP) is 4.34. The maximum atomic E-state index is 13.0. The highest BCUT2D eigenvalue weighted by atomic mass is 16.6. The van der Waals surface area contributed by atoms with E-state index in [0.717, 1.165) is 5.56 Å². The summed E-state index contributed by atoms with van der Waals surface area (Å²) in [4.78, 5) is 25.2. The van der Waals surface area contributed by atoms with Crippen LogP contribution in [0.15, 0.2) is 71.3 Å². The van der Waals surface area contributed by atoms with Gasteiger partial charge in [0.1, 0.15) is 5.76 Å². The summed E-state index contributed by atoms with van der Waals surface area (Å²) >= 11 is 0. The Kier molecular flexibility index (Phi) is 5.12. The molecule has 0 saturated heterocycles. The highest BCUT2D eigenvalue weighted by molar-refractivity contribution is 5.94. The van der Waals surface area contributed by atoms with Crippen molar-refractivity contribution in [2.24, 2.45) is 0 Å². The first-order valence-corrected chi connectivity index (χ1v) is 8.15. The monoisotopic (exact) mass is 350 g/mol. The first-order valence-electron chi connectivity index (χ1n) is 8.15. The van der Waals surface area contributed by atoms with Gasteiger partial charge in [-0.3, -0.25) is 14.9 Å². The summed E-state index contributed by atoms with van der Waals surface area (Å²) in [7, 11) is 0. The van der Waals surface area contributed by atoms with Gasteiger partial charge in [-0.1, -0.05) is 30.3 Å². The molecule has 26 heavy (non-hydrogen) atoms. The number of carbonyl (C=O) groups excluding carboxylic acids is 1. The fourth-order valence-electron chi connectivity index (χ4n) is 2.77. The lowest BCUT2D eigenvalue weighted by atomic mass is 10.1. The predicted molar refractivity (Wildman–Crippen MR) is 96.6 cm³/mol. The van der Waals surface area contributed by atoms with E-state index >= 15 is 0 Å². The molecule has 0 N–H and O–H groups in total. The topological polar surface area (TPSA) is 76.6 Å². The van der Waals surface area contributed by atoms with E-state index in [9.17, 15) is 14.9 Å². The molecule has 1 aromatic heterocycles. The van der Waals surface area contributed by atoms with Gasteiger partial charge in [0.25, 0.3) is 11.6 Å². The molecule has 0 unspecified atom stereocenters. The number of nitrogens with zero attached hydrogens (tertiary/aromatic N) is 2. The number of aryl methyl sites for hydroxylation is 1. The molecule has 0 aliphatic rings. The Labute approximate surface area is 150 Å². The zero-order chi connectivity index (χ0) is 18.5. The molecule has 0 aliphatic carbocycles. The summed E-state index contributed by atoms with van der Waals surface area (Å²) in [5.41, 5.74) is 1.86. The van der Waals surface area contributed by atoms with Gasteiger partial charge in [-0.2, -0.15) is 0 Å². The lowest BCUT2D eigenvalue weighted by Gasteiger charge is -2.22. The van der Waals surface area contributed by atoms with Crippen LogP contribution in [0, 0.1) is 17.0 Å². The van der Waals surface area contributed by atoms with Crippen LogP contribution in [0.4, 0.5) is 5.69 Å². The van der Waals surface area contributed by atoms with Crippen LogP contribution in [0.25, 0.3) is 0 Å². The van der Waals surface area contributed by atoms with Gasteiger partial charge in [-0.15, -0.1) is 0 Å². The molecule has 0 aliphatic heterocycles. The van der Waals surface area contributed by atoms with Gasteiger partial charge in [-0.25, -0.2) is 0 Å². The molecule has 0 saturated carbocycles. The van der Waals surface area contributed by atoms with Crippen molar-refractivity contribution in [3.8, 4) is 0 Å². The lowest BCUT2D eigenvalue weighted by molar-refractivity contribution is -0.385. The van der Waals surface area contributed by atoms with Crippen molar-refractivity contribution < 1.29 is 14.1 Å². The van der Waals surface area contributed by atoms with Crippen LogP contribution in [0.2, 0.25) is 0 Å². The van der Waals surface area contributed by atoms with Gasteiger partial charge >= 0.3 is 0 Å². The minimum absolute atomic E-state index is 0.00203. The zero-order valence-corrected chi connectivity index (χ0v) is 14.3. The Morgan fingerprint density at radius 3 is 2.46 bits per heavy atom. The molecule has 132 valence electrons. The maximum absolute atomic E-state index is 13.0. The van der Waals surface area contributed by atoms with Gasteiger partial charge in [0.2, 0.25) is 0 Å². The highest BCUT2D eigenvalue weighted by Gasteiger charge is 2.20. The Morgan fingerprint density at radius 2 is 1.85 bits per heavy atom. The van der Waals surface area contributed by atoms with E-state index < -0.39 is 4.92 Å². The normalized spacial score (nSPS) is 10.5. The largest absolute Gasteiger partial charge is 0.467 e. The van der Waals surface area contributed by atoms with Crippen LogP contribution in [0.5, 0.6) is 0 Å². The van der Waals surface area contributed by atoms with Gasteiger partial charge < -0.3 is 9.32 Å². The standard InChI is InChI=1S/C20H18N2O4/c1-15-12-17(9-10-19(15)22(24)25)20(23)21(14-18-8-5-11-26-18)13-16-6-3-2-4-7-16/h2-12H,13-14H2,1H3. The number of hydrogen-bond donors (Lipinski definition) is 0. The van der Waals surface area contributed by atoms with E-state index in [4.69, 9.17) is 4.42 Å². The average Bonchev–Trinajstić information content (AvgIpc) is 3.14. The third kappa shape index (κ3) is 3.97. The Morgan fingerprint density at radius 1 is 1.08 bits per heavy atom. The van der Waals surface area contributed by atoms with Gasteiger partial charge in [0, 0.05) is 23.7 Å². The van der Waals surface area contributed by atoms with Crippen molar-refractivity contribution in [3.63, 3.8) is 0 Å². The quantitative estimate of drug-likeness (QED) is 0.489. The molecule has 3 aromatic rings. The molecule has 0 fully saturated rings. The number of benzene rings is 2. The minimum atomic E-state index is -0.450. The van der Waals surface area contributed by atoms with E-state index in [1.807, 2.05) is 36.4 Å². The van der Waals surface area contributed by atoms with Crippen molar-refractivity contribution in [2.75, 3.05) is 0 Å². The summed E-state index contributed by atoms with van der Waals surface area (Å²) in [6.07, 6.45) is 1.57. The van der Waals surface area contributed by atoms with Crippen molar-refractivity contribution in [1.29, 1.82) is 0 Å².